The number of alkyl halides is 3. The minimum Gasteiger partial charge on any atom is -0.367 e. The molecule has 4 heterocycles. The van der Waals surface area contributed by atoms with E-state index in [2.05, 4.69) is 45.4 Å². The zero-order valence-corrected chi connectivity index (χ0v) is 35.9. The van der Waals surface area contributed by atoms with Crippen molar-refractivity contribution in [2.45, 2.75) is 52.4 Å². The van der Waals surface area contributed by atoms with E-state index in [1.165, 1.54) is 16.1 Å². The zero-order chi connectivity index (χ0) is 44.3. The van der Waals surface area contributed by atoms with Gasteiger partial charge in [0.25, 0.3) is 5.56 Å². The number of aromatic nitrogens is 6. The van der Waals surface area contributed by atoms with Gasteiger partial charge in [0.15, 0.2) is 5.82 Å². The van der Waals surface area contributed by atoms with E-state index in [1.807, 2.05) is 61.7 Å². The number of nitrogens with zero attached hydrogens (tertiary/aromatic N) is 9. The SMILES string of the molecule is C=C(Cn1c(CC)c(N2CCN(C(=C)c3ncnc(C)c3CCc3ccccc3)CC2)c(=O)n2nc(-c3ccc(C=O)c(CN(C)C)c3)nc12)Nc1ccc(C(F)(F)F)cc1Cl. The van der Waals surface area contributed by atoms with Gasteiger partial charge in [0.05, 0.1) is 39.9 Å². The molecule has 322 valence electrons. The molecular formula is C46H48ClF3N10O2. The lowest BCUT2D eigenvalue weighted by atomic mass is 10.00. The van der Waals surface area contributed by atoms with Crippen molar-refractivity contribution in [3.8, 4) is 11.4 Å². The van der Waals surface area contributed by atoms with Gasteiger partial charge in [-0.1, -0.05) is 74.1 Å². The minimum atomic E-state index is -4.56. The number of hydrogen-bond acceptors (Lipinski definition) is 10. The first-order valence-corrected chi connectivity index (χ1v) is 20.6. The van der Waals surface area contributed by atoms with Gasteiger partial charge in [0.1, 0.15) is 18.3 Å². The zero-order valence-electron chi connectivity index (χ0n) is 35.1. The summed E-state index contributed by atoms with van der Waals surface area (Å²) in [7, 11) is 3.81. The quantitative estimate of drug-likeness (QED) is 0.102. The number of halogens is 4. The fourth-order valence-corrected chi connectivity index (χ4v) is 8.14. The molecule has 0 spiro atoms. The first kappa shape index (κ1) is 43.8. The summed E-state index contributed by atoms with van der Waals surface area (Å²) in [6, 6.07) is 18.7. The molecule has 0 bridgehead atoms. The Morgan fingerprint density at radius 2 is 1.73 bits per heavy atom. The molecule has 1 saturated heterocycles. The summed E-state index contributed by atoms with van der Waals surface area (Å²) in [5.74, 6) is 0.524. The summed E-state index contributed by atoms with van der Waals surface area (Å²) in [4.78, 5) is 46.9. The topological polar surface area (TPSA) is 117 Å². The highest BCUT2D eigenvalue weighted by atomic mass is 35.5. The molecule has 12 nitrogen and oxygen atoms in total. The van der Waals surface area contributed by atoms with Crippen LogP contribution in [-0.4, -0.2) is 85.5 Å². The Labute approximate surface area is 363 Å². The van der Waals surface area contributed by atoms with Gasteiger partial charge in [-0.15, -0.1) is 5.10 Å². The van der Waals surface area contributed by atoms with Crippen molar-refractivity contribution in [3.05, 3.63) is 152 Å². The highest BCUT2D eigenvalue weighted by molar-refractivity contribution is 6.33. The van der Waals surface area contributed by atoms with Gasteiger partial charge in [-0.3, -0.25) is 9.59 Å². The maximum absolute atomic E-state index is 14.7. The highest BCUT2D eigenvalue weighted by Gasteiger charge is 2.32. The van der Waals surface area contributed by atoms with Crippen molar-refractivity contribution in [1.82, 2.24) is 38.9 Å². The standard InChI is InChI=1S/C46H48ClF3N10O2/c1-7-40-42(58-21-19-57(20-22-58)31(4)41-37(30(3)51-28-52-41)17-13-32-11-9-8-10-12-32)44(62)60-45(54-43(55-60)33-14-15-34(27-61)35(23-33)26-56(5)6)59(40)25-29(2)53-39-18-16-36(24-38(39)47)46(48,49)50/h8-12,14-16,18,23-24,27-28,53H,2,4,7,13,17,19-22,25-26H2,1,3,5-6H3. The minimum absolute atomic E-state index is 0.0704. The maximum Gasteiger partial charge on any atom is 0.416 e. The first-order chi connectivity index (χ1) is 29.7. The molecule has 0 saturated carbocycles. The molecule has 16 heteroatoms. The molecule has 1 N–H and O–H groups in total. The molecule has 1 aliphatic heterocycles. The molecule has 3 aromatic heterocycles. The summed E-state index contributed by atoms with van der Waals surface area (Å²) in [5, 5.41) is 7.71. The lowest BCUT2D eigenvalue weighted by Gasteiger charge is -2.39. The Balaban J connectivity index is 1.23. The van der Waals surface area contributed by atoms with Crippen LogP contribution in [0.1, 0.15) is 56.6 Å². The summed E-state index contributed by atoms with van der Waals surface area (Å²) < 4.78 is 43.4. The van der Waals surface area contributed by atoms with Gasteiger partial charge < -0.3 is 24.6 Å². The van der Waals surface area contributed by atoms with Crippen molar-refractivity contribution < 1.29 is 18.0 Å². The largest absolute Gasteiger partial charge is 0.416 e. The Morgan fingerprint density at radius 3 is 2.39 bits per heavy atom. The number of carbonyl (C=O) groups excluding carboxylic acids is 1. The third kappa shape index (κ3) is 9.28. The molecule has 0 atom stereocenters. The van der Waals surface area contributed by atoms with Gasteiger partial charge in [-0.2, -0.15) is 22.7 Å². The average Bonchev–Trinajstić information content (AvgIpc) is 3.71. The number of rotatable bonds is 15. The number of benzene rings is 3. The molecule has 1 aliphatic rings. The van der Waals surface area contributed by atoms with Crippen LogP contribution in [0.25, 0.3) is 22.9 Å². The third-order valence-electron chi connectivity index (χ3n) is 11.1. The van der Waals surface area contributed by atoms with Crippen molar-refractivity contribution in [3.63, 3.8) is 0 Å². The Morgan fingerprint density at radius 1 is 0.984 bits per heavy atom. The van der Waals surface area contributed by atoms with Crippen LogP contribution in [0.15, 0.2) is 96.7 Å². The lowest BCUT2D eigenvalue weighted by Crippen LogP contribution is -2.48. The molecule has 3 aromatic carbocycles. The first-order valence-electron chi connectivity index (χ1n) is 20.3. The van der Waals surface area contributed by atoms with Crippen molar-refractivity contribution >= 4 is 40.7 Å². The summed E-state index contributed by atoms with van der Waals surface area (Å²) in [6.45, 7) is 15.3. The van der Waals surface area contributed by atoms with E-state index < -0.39 is 11.7 Å². The Bertz CT molecular complexity index is 2700. The lowest BCUT2D eigenvalue weighted by molar-refractivity contribution is -0.137. The molecule has 0 unspecified atom stereocenters. The maximum atomic E-state index is 14.7. The van der Waals surface area contributed by atoms with Crippen LogP contribution in [0.5, 0.6) is 0 Å². The third-order valence-corrected chi connectivity index (χ3v) is 11.4. The fraction of sp³-hybridized carbons (Fsp3) is 0.304. The van der Waals surface area contributed by atoms with Crippen LogP contribution in [0.3, 0.4) is 0 Å². The van der Waals surface area contributed by atoms with Crippen molar-refractivity contribution in [1.29, 1.82) is 0 Å². The van der Waals surface area contributed by atoms with Gasteiger partial charge in [0, 0.05) is 60.8 Å². The van der Waals surface area contributed by atoms with Crippen LogP contribution in [-0.2, 0) is 38.5 Å². The van der Waals surface area contributed by atoms with Gasteiger partial charge >= 0.3 is 6.18 Å². The normalized spacial score (nSPS) is 13.2. The Kier molecular flexibility index (Phi) is 12.9. The number of fused-ring (bicyclic) bond motifs is 1. The summed E-state index contributed by atoms with van der Waals surface area (Å²) in [6.07, 6.45) is -0.159. The smallest absolute Gasteiger partial charge is 0.367 e. The van der Waals surface area contributed by atoms with E-state index in [9.17, 15) is 22.8 Å². The average molecular weight is 865 g/mol. The van der Waals surface area contributed by atoms with Crippen LogP contribution < -0.4 is 15.8 Å². The van der Waals surface area contributed by atoms with Crippen LogP contribution >= 0.6 is 11.6 Å². The number of aldehydes is 1. The number of nitrogens with one attached hydrogen (secondary N) is 1. The van der Waals surface area contributed by atoms with E-state index in [1.54, 1.807) is 18.5 Å². The Hall–Kier alpha value is -6.32. The van der Waals surface area contributed by atoms with Gasteiger partial charge in [-0.25, -0.2) is 9.97 Å². The van der Waals surface area contributed by atoms with Crippen LogP contribution in [0, 0.1) is 6.92 Å². The number of carbonyl (C=O) groups is 1. The molecule has 0 amide bonds. The van der Waals surface area contributed by atoms with Gasteiger partial charge in [0.2, 0.25) is 5.78 Å². The van der Waals surface area contributed by atoms with E-state index in [0.29, 0.717) is 67.3 Å². The van der Waals surface area contributed by atoms with E-state index in [4.69, 9.17) is 26.7 Å². The molecular weight excluding hydrogens is 817 g/mol. The number of piperazine rings is 1. The van der Waals surface area contributed by atoms with E-state index in [-0.39, 0.29) is 34.4 Å². The van der Waals surface area contributed by atoms with Crippen molar-refractivity contribution in [2.24, 2.45) is 0 Å². The van der Waals surface area contributed by atoms with Gasteiger partial charge in [-0.05, 0) is 75.7 Å². The van der Waals surface area contributed by atoms with Crippen LogP contribution in [0.4, 0.5) is 24.5 Å². The molecule has 0 radical (unpaired) electrons. The number of aryl methyl sites for hydroxylation is 2. The fourth-order valence-electron chi connectivity index (χ4n) is 7.91. The van der Waals surface area contributed by atoms with E-state index >= 15 is 0 Å². The second kappa shape index (κ2) is 18.3. The predicted octanol–water partition coefficient (Wildman–Crippen LogP) is 7.97. The molecule has 62 heavy (non-hydrogen) atoms. The van der Waals surface area contributed by atoms with Crippen molar-refractivity contribution in [2.75, 3.05) is 50.5 Å². The number of allylic oxidation sites excluding steroid dienone is 1. The van der Waals surface area contributed by atoms with E-state index in [0.717, 1.165) is 59.5 Å². The molecule has 0 aliphatic carbocycles. The summed E-state index contributed by atoms with van der Waals surface area (Å²) >= 11 is 6.32. The monoisotopic (exact) mass is 864 g/mol. The number of hydrogen-bond donors (Lipinski definition) is 1. The molecule has 7 rings (SSSR count). The summed E-state index contributed by atoms with van der Waals surface area (Å²) in [5.41, 5.74) is 7.24. The predicted molar refractivity (Wildman–Crippen MR) is 237 cm³/mol. The van der Waals surface area contributed by atoms with Crippen LogP contribution in [0.2, 0.25) is 5.02 Å². The molecule has 1 fully saturated rings. The second-order valence-electron chi connectivity index (χ2n) is 15.6. The highest BCUT2D eigenvalue weighted by Crippen LogP contribution is 2.35. The number of anilines is 2. The second-order valence-corrected chi connectivity index (χ2v) is 16.0. The molecule has 6 aromatic rings.